The molecule has 0 amide bonds. The number of aliphatic hydroxyl groups is 1. The second-order valence-electron chi connectivity index (χ2n) is 10.4. The van der Waals surface area contributed by atoms with E-state index in [2.05, 4.69) is 68.5 Å². The van der Waals surface area contributed by atoms with E-state index in [0.717, 1.165) is 47.1 Å². The Labute approximate surface area is 204 Å². The molecule has 180 valence electrons. The van der Waals surface area contributed by atoms with Crippen molar-refractivity contribution < 1.29 is 9.50 Å². The molecule has 7 heteroatoms. The maximum atomic E-state index is 13.5. The van der Waals surface area contributed by atoms with Crippen LogP contribution in [-0.2, 0) is 6.54 Å². The van der Waals surface area contributed by atoms with Gasteiger partial charge < -0.3 is 19.5 Å². The zero-order valence-corrected chi connectivity index (χ0v) is 20.3. The van der Waals surface area contributed by atoms with Gasteiger partial charge in [0.05, 0.1) is 17.0 Å². The molecule has 2 aromatic carbocycles. The van der Waals surface area contributed by atoms with Crippen LogP contribution in [-0.4, -0.2) is 63.5 Å². The van der Waals surface area contributed by atoms with Gasteiger partial charge in [0, 0.05) is 61.9 Å². The van der Waals surface area contributed by atoms with Crippen molar-refractivity contribution in [3.63, 3.8) is 0 Å². The standard InChI is InChI=1S/C28H30FN5O/c1-28(35)18-33(17-22(28)16-31(2)3)24-8-9-25-21(12-24)15-32-14-20(19-4-6-23(29)7-5-19)13-26(32)27-30-10-11-34(25)27/h4-14,22,35H,15-18H2,1-3H3/t22-,28-/m1/s1. The van der Waals surface area contributed by atoms with Crippen LogP contribution in [0.3, 0.4) is 0 Å². The smallest absolute Gasteiger partial charge is 0.161 e. The fourth-order valence-corrected chi connectivity index (χ4v) is 5.56. The summed E-state index contributed by atoms with van der Waals surface area (Å²) in [6.45, 7) is 4.94. The Kier molecular flexibility index (Phi) is 5.09. The molecule has 4 heterocycles. The van der Waals surface area contributed by atoms with Crippen LogP contribution >= 0.6 is 0 Å². The van der Waals surface area contributed by atoms with Gasteiger partial charge in [-0.25, -0.2) is 9.37 Å². The largest absolute Gasteiger partial charge is 0.388 e. The molecule has 4 aromatic rings. The molecule has 2 aromatic heterocycles. The first-order valence-corrected chi connectivity index (χ1v) is 12.0. The van der Waals surface area contributed by atoms with E-state index in [0.29, 0.717) is 13.1 Å². The lowest BCUT2D eigenvalue weighted by Gasteiger charge is -2.26. The predicted octanol–water partition coefficient (Wildman–Crippen LogP) is 4.26. The Balaban J connectivity index is 1.38. The molecule has 0 bridgehead atoms. The van der Waals surface area contributed by atoms with E-state index in [9.17, 15) is 9.50 Å². The third kappa shape index (κ3) is 3.85. The van der Waals surface area contributed by atoms with Crippen LogP contribution in [0.15, 0.2) is 67.1 Å². The van der Waals surface area contributed by atoms with Crippen LogP contribution in [0.5, 0.6) is 0 Å². The van der Waals surface area contributed by atoms with Crippen LogP contribution in [0, 0.1) is 11.7 Å². The molecule has 1 saturated heterocycles. The van der Waals surface area contributed by atoms with E-state index < -0.39 is 5.60 Å². The summed E-state index contributed by atoms with van der Waals surface area (Å²) >= 11 is 0. The molecular formula is C28H30FN5O. The van der Waals surface area contributed by atoms with Gasteiger partial charge in [-0.15, -0.1) is 0 Å². The third-order valence-electron chi connectivity index (χ3n) is 7.39. The molecule has 2 atom stereocenters. The van der Waals surface area contributed by atoms with Crippen molar-refractivity contribution >= 4 is 5.69 Å². The number of rotatable bonds is 4. The van der Waals surface area contributed by atoms with E-state index in [-0.39, 0.29) is 11.7 Å². The van der Waals surface area contributed by atoms with Gasteiger partial charge in [0.25, 0.3) is 0 Å². The zero-order chi connectivity index (χ0) is 24.3. The Hall–Kier alpha value is -3.42. The van der Waals surface area contributed by atoms with Crippen LogP contribution in [0.4, 0.5) is 10.1 Å². The predicted molar refractivity (Wildman–Crippen MR) is 136 cm³/mol. The summed E-state index contributed by atoms with van der Waals surface area (Å²) in [6.07, 6.45) is 5.95. The maximum absolute atomic E-state index is 13.5. The molecule has 6 nitrogen and oxygen atoms in total. The van der Waals surface area contributed by atoms with Gasteiger partial charge in [-0.2, -0.15) is 0 Å². The number of anilines is 1. The first-order chi connectivity index (χ1) is 16.8. The third-order valence-corrected chi connectivity index (χ3v) is 7.39. The van der Waals surface area contributed by atoms with Crippen LogP contribution in [0.2, 0.25) is 0 Å². The van der Waals surface area contributed by atoms with Gasteiger partial charge in [0.1, 0.15) is 5.82 Å². The molecule has 6 rings (SSSR count). The van der Waals surface area contributed by atoms with Crippen LogP contribution in [0.1, 0.15) is 12.5 Å². The molecule has 35 heavy (non-hydrogen) atoms. The summed E-state index contributed by atoms with van der Waals surface area (Å²) in [5, 5.41) is 11.1. The molecular weight excluding hydrogens is 441 g/mol. The first-order valence-electron chi connectivity index (χ1n) is 12.0. The molecule has 0 radical (unpaired) electrons. The summed E-state index contributed by atoms with van der Waals surface area (Å²) in [5.41, 5.74) is 5.75. The van der Waals surface area contributed by atoms with Gasteiger partial charge in [-0.3, -0.25) is 4.57 Å². The van der Waals surface area contributed by atoms with Crippen molar-refractivity contribution in [1.82, 2.24) is 19.0 Å². The van der Waals surface area contributed by atoms with Crippen molar-refractivity contribution in [3.8, 4) is 28.3 Å². The first kappa shape index (κ1) is 22.1. The number of nitrogens with zero attached hydrogens (tertiary/aromatic N) is 5. The summed E-state index contributed by atoms with van der Waals surface area (Å²) in [4.78, 5) is 9.11. The molecule has 0 spiro atoms. The van der Waals surface area contributed by atoms with Gasteiger partial charge in [-0.1, -0.05) is 12.1 Å². The molecule has 0 unspecified atom stereocenters. The highest BCUT2D eigenvalue weighted by atomic mass is 19.1. The number of hydrogen-bond donors (Lipinski definition) is 1. The second kappa shape index (κ2) is 8.07. The quantitative estimate of drug-likeness (QED) is 0.426. The van der Waals surface area contributed by atoms with Gasteiger partial charge in [0.15, 0.2) is 5.82 Å². The van der Waals surface area contributed by atoms with Crippen LogP contribution in [0.25, 0.3) is 28.3 Å². The lowest BCUT2D eigenvalue weighted by atomic mass is 9.93. The van der Waals surface area contributed by atoms with Crippen molar-refractivity contribution in [2.24, 2.45) is 5.92 Å². The summed E-state index contributed by atoms with van der Waals surface area (Å²) in [5.74, 6) is 0.839. The molecule has 1 fully saturated rings. The van der Waals surface area contributed by atoms with E-state index in [1.165, 1.54) is 17.7 Å². The zero-order valence-electron chi connectivity index (χ0n) is 20.3. The second-order valence-corrected chi connectivity index (χ2v) is 10.4. The van der Waals surface area contributed by atoms with Crippen molar-refractivity contribution in [3.05, 3.63) is 78.5 Å². The van der Waals surface area contributed by atoms with Crippen molar-refractivity contribution in [1.29, 1.82) is 0 Å². The molecule has 2 aliphatic rings. The summed E-state index contributed by atoms with van der Waals surface area (Å²) in [7, 11) is 4.11. The molecule has 1 N–H and O–H groups in total. The number of fused-ring (bicyclic) bond motifs is 5. The van der Waals surface area contributed by atoms with E-state index in [1.54, 1.807) is 0 Å². The Morgan fingerprint density at radius 1 is 1.11 bits per heavy atom. The average molecular weight is 472 g/mol. The normalized spacial score (nSPS) is 21.1. The van der Waals surface area contributed by atoms with Crippen molar-refractivity contribution in [2.75, 3.05) is 38.6 Å². The van der Waals surface area contributed by atoms with E-state index in [1.807, 2.05) is 31.5 Å². The summed E-state index contributed by atoms with van der Waals surface area (Å²) < 4.78 is 17.8. The van der Waals surface area contributed by atoms with Crippen LogP contribution < -0.4 is 4.90 Å². The van der Waals surface area contributed by atoms with Gasteiger partial charge in [-0.05, 0) is 68.5 Å². The minimum absolute atomic E-state index is 0.186. The Morgan fingerprint density at radius 3 is 2.69 bits per heavy atom. The number of benzene rings is 2. The minimum atomic E-state index is -0.730. The van der Waals surface area contributed by atoms with Gasteiger partial charge >= 0.3 is 0 Å². The maximum Gasteiger partial charge on any atom is 0.161 e. The average Bonchev–Trinajstić information content (AvgIpc) is 3.50. The lowest BCUT2D eigenvalue weighted by molar-refractivity contribution is 0.0270. The lowest BCUT2D eigenvalue weighted by Crippen LogP contribution is -2.39. The highest BCUT2D eigenvalue weighted by Crippen LogP contribution is 2.37. The Bertz CT molecular complexity index is 1380. The monoisotopic (exact) mass is 471 g/mol. The number of aromatic nitrogens is 3. The number of hydrogen-bond acceptors (Lipinski definition) is 4. The minimum Gasteiger partial charge on any atom is -0.388 e. The number of imidazole rings is 1. The van der Waals surface area contributed by atoms with Crippen molar-refractivity contribution in [2.45, 2.75) is 19.1 Å². The fourth-order valence-electron chi connectivity index (χ4n) is 5.56. The molecule has 0 saturated carbocycles. The highest BCUT2D eigenvalue weighted by molar-refractivity contribution is 5.72. The Morgan fingerprint density at radius 2 is 1.91 bits per heavy atom. The highest BCUT2D eigenvalue weighted by Gasteiger charge is 2.41. The van der Waals surface area contributed by atoms with Gasteiger partial charge in [0.2, 0.25) is 0 Å². The topological polar surface area (TPSA) is 49.5 Å². The molecule has 0 aliphatic carbocycles. The van der Waals surface area contributed by atoms with E-state index >= 15 is 0 Å². The van der Waals surface area contributed by atoms with E-state index in [4.69, 9.17) is 0 Å². The number of β-amino-alcohol motifs (C(OH)–C–C–N with tert-alkyl or cyclic N) is 1. The molecule has 2 aliphatic heterocycles. The fraction of sp³-hybridized carbons (Fsp3) is 0.321. The number of halogens is 1. The summed E-state index contributed by atoms with van der Waals surface area (Å²) in [6, 6.07) is 15.3. The SMILES string of the molecule is CN(C)C[C@@H]1CN(c2ccc3c(c2)Cn2cc(-c4ccc(F)cc4)cc2-c2nccn2-3)C[C@@]1(C)O.